The molecule has 0 N–H and O–H groups in total. The monoisotopic (exact) mass is 374 g/mol. The zero-order valence-corrected chi connectivity index (χ0v) is 17.4. The van der Waals surface area contributed by atoms with E-state index in [1.807, 2.05) is 24.3 Å². The molecule has 2 rings (SSSR count). The molecule has 2 aromatic carbocycles. The third kappa shape index (κ3) is 8.96. The fourth-order valence-corrected chi connectivity index (χ4v) is 3.15. The fourth-order valence-electron chi connectivity index (χ4n) is 3.15. The Hall–Kier alpha value is -2.46. The summed E-state index contributed by atoms with van der Waals surface area (Å²) in [6.45, 7) is 6.45. The molecule has 0 aliphatic carbocycles. The summed E-state index contributed by atoms with van der Waals surface area (Å²) in [7, 11) is 0. The first-order chi connectivity index (χ1) is 13.8. The summed E-state index contributed by atoms with van der Waals surface area (Å²) in [6.07, 6.45) is 13.9. The lowest BCUT2D eigenvalue weighted by Gasteiger charge is -2.03. The SMILES string of the molecule is C=CCOc1ccc(C#Cc2ccc(CCCCCCCCCC)cc2)cc1. The fraction of sp³-hybridized carbons (Fsp3) is 0.407. The molecule has 2 aromatic rings. The molecule has 0 saturated carbocycles. The molecular formula is C27H34O. The minimum Gasteiger partial charge on any atom is -0.490 e. The molecule has 0 aliphatic rings. The van der Waals surface area contributed by atoms with E-state index in [2.05, 4.69) is 49.6 Å². The molecule has 0 amide bonds. The van der Waals surface area contributed by atoms with Crippen molar-refractivity contribution in [1.82, 2.24) is 0 Å². The van der Waals surface area contributed by atoms with E-state index in [9.17, 15) is 0 Å². The summed E-state index contributed by atoms with van der Waals surface area (Å²) in [5.74, 6) is 7.31. The standard InChI is InChI=1S/C27H34O/c1-3-5-6-7-8-9-10-11-12-24-13-15-25(16-14-24)17-18-26-19-21-27(22-20-26)28-23-4-2/h4,13-16,19-22H,2-3,5-12,23H2,1H3. The van der Waals surface area contributed by atoms with Crippen LogP contribution >= 0.6 is 0 Å². The number of unbranched alkanes of at least 4 members (excludes halogenated alkanes) is 7. The van der Waals surface area contributed by atoms with E-state index in [0.717, 1.165) is 16.9 Å². The maximum Gasteiger partial charge on any atom is 0.119 e. The largest absolute Gasteiger partial charge is 0.490 e. The van der Waals surface area contributed by atoms with Crippen molar-refractivity contribution in [3.8, 4) is 17.6 Å². The lowest BCUT2D eigenvalue weighted by atomic mass is 10.0. The molecule has 0 radical (unpaired) electrons. The molecule has 0 spiro atoms. The highest BCUT2D eigenvalue weighted by atomic mass is 16.5. The van der Waals surface area contributed by atoms with Crippen molar-refractivity contribution in [3.63, 3.8) is 0 Å². The summed E-state index contributed by atoms with van der Waals surface area (Å²) in [4.78, 5) is 0. The van der Waals surface area contributed by atoms with Gasteiger partial charge in [0.1, 0.15) is 12.4 Å². The molecule has 1 heteroatoms. The van der Waals surface area contributed by atoms with Gasteiger partial charge in [-0.2, -0.15) is 0 Å². The van der Waals surface area contributed by atoms with Crippen molar-refractivity contribution in [2.24, 2.45) is 0 Å². The van der Waals surface area contributed by atoms with E-state index < -0.39 is 0 Å². The summed E-state index contributed by atoms with van der Waals surface area (Å²) in [5.41, 5.74) is 3.47. The minimum atomic E-state index is 0.524. The van der Waals surface area contributed by atoms with Gasteiger partial charge >= 0.3 is 0 Å². The van der Waals surface area contributed by atoms with Crippen LogP contribution in [0.15, 0.2) is 61.2 Å². The number of benzene rings is 2. The Morgan fingerprint density at radius 1 is 0.750 bits per heavy atom. The van der Waals surface area contributed by atoms with Gasteiger partial charge in [0.25, 0.3) is 0 Å². The maximum atomic E-state index is 5.49. The second kappa shape index (κ2) is 13.7. The van der Waals surface area contributed by atoms with Gasteiger partial charge in [-0.3, -0.25) is 0 Å². The van der Waals surface area contributed by atoms with Crippen LogP contribution in [0.2, 0.25) is 0 Å². The Morgan fingerprint density at radius 2 is 1.29 bits per heavy atom. The van der Waals surface area contributed by atoms with Gasteiger partial charge in [0.05, 0.1) is 0 Å². The molecular weight excluding hydrogens is 340 g/mol. The number of hydrogen-bond acceptors (Lipinski definition) is 1. The van der Waals surface area contributed by atoms with Gasteiger partial charge in [-0.1, -0.05) is 88.5 Å². The molecule has 0 aliphatic heterocycles. The average molecular weight is 375 g/mol. The number of ether oxygens (including phenoxy) is 1. The van der Waals surface area contributed by atoms with E-state index >= 15 is 0 Å². The van der Waals surface area contributed by atoms with Crippen LogP contribution in [-0.4, -0.2) is 6.61 Å². The Bertz CT molecular complexity index is 729. The first-order valence-corrected chi connectivity index (χ1v) is 10.8. The van der Waals surface area contributed by atoms with Crippen LogP contribution in [0.5, 0.6) is 5.75 Å². The molecule has 0 atom stereocenters. The highest BCUT2D eigenvalue weighted by Crippen LogP contribution is 2.13. The van der Waals surface area contributed by atoms with Crippen molar-refractivity contribution < 1.29 is 4.74 Å². The Labute approximate surface area is 171 Å². The van der Waals surface area contributed by atoms with Gasteiger partial charge in [0, 0.05) is 11.1 Å². The number of aryl methyl sites for hydroxylation is 1. The zero-order chi connectivity index (χ0) is 19.9. The van der Waals surface area contributed by atoms with Crippen LogP contribution < -0.4 is 4.74 Å². The smallest absolute Gasteiger partial charge is 0.119 e. The second-order valence-electron chi connectivity index (χ2n) is 7.30. The van der Waals surface area contributed by atoms with E-state index in [0.29, 0.717) is 6.61 Å². The first-order valence-electron chi connectivity index (χ1n) is 10.8. The molecule has 1 nitrogen and oxygen atoms in total. The maximum absolute atomic E-state index is 5.49. The summed E-state index contributed by atoms with van der Waals surface area (Å²) < 4.78 is 5.49. The molecule has 0 aromatic heterocycles. The first kappa shape index (κ1) is 21.8. The predicted molar refractivity (Wildman–Crippen MR) is 121 cm³/mol. The van der Waals surface area contributed by atoms with Gasteiger partial charge in [-0.05, 0) is 54.8 Å². The van der Waals surface area contributed by atoms with Crippen LogP contribution in [0.3, 0.4) is 0 Å². The molecule has 28 heavy (non-hydrogen) atoms. The number of rotatable bonds is 12. The van der Waals surface area contributed by atoms with Gasteiger partial charge in [-0.15, -0.1) is 0 Å². The number of hydrogen-bond donors (Lipinski definition) is 0. The van der Waals surface area contributed by atoms with Gasteiger partial charge in [-0.25, -0.2) is 0 Å². The lowest BCUT2D eigenvalue weighted by molar-refractivity contribution is 0.363. The van der Waals surface area contributed by atoms with Gasteiger partial charge in [0.15, 0.2) is 0 Å². The zero-order valence-electron chi connectivity index (χ0n) is 17.4. The molecule has 0 unspecified atom stereocenters. The average Bonchev–Trinajstić information content (AvgIpc) is 2.74. The molecule has 0 bridgehead atoms. The molecule has 0 saturated heterocycles. The van der Waals surface area contributed by atoms with Gasteiger partial charge in [0.2, 0.25) is 0 Å². The quantitative estimate of drug-likeness (QED) is 0.215. The lowest BCUT2D eigenvalue weighted by Crippen LogP contribution is -1.92. The van der Waals surface area contributed by atoms with Crippen molar-refractivity contribution in [2.75, 3.05) is 6.61 Å². The van der Waals surface area contributed by atoms with Crippen molar-refractivity contribution in [3.05, 3.63) is 77.9 Å². The third-order valence-corrected chi connectivity index (χ3v) is 4.85. The van der Waals surface area contributed by atoms with Crippen LogP contribution in [0.1, 0.15) is 75.0 Å². The second-order valence-corrected chi connectivity index (χ2v) is 7.30. The van der Waals surface area contributed by atoms with Gasteiger partial charge < -0.3 is 4.74 Å². The highest BCUT2D eigenvalue weighted by Gasteiger charge is 1.96. The topological polar surface area (TPSA) is 9.23 Å². The molecule has 148 valence electrons. The van der Waals surface area contributed by atoms with Crippen molar-refractivity contribution >= 4 is 0 Å². The van der Waals surface area contributed by atoms with Crippen molar-refractivity contribution in [2.45, 2.75) is 64.7 Å². The van der Waals surface area contributed by atoms with E-state index in [1.165, 1.54) is 63.4 Å². The normalized spacial score (nSPS) is 10.2. The Morgan fingerprint density at radius 3 is 1.86 bits per heavy atom. The van der Waals surface area contributed by atoms with Crippen LogP contribution in [0.25, 0.3) is 0 Å². The van der Waals surface area contributed by atoms with Crippen LogP contribution in [-0.2, 0) is 6.42 Å². The van der Waals surface area contributed by atoms with E-state index in [-0.39, 0.29) is 0 Å². The molecule has 0 fully saturated rings. The Balaban J connectivity index is 1.71. The van der Waals surface area contributed by atoms with Crippen LogP contribution in [0, 0.1) is 11.8 Å². The van der Waals surface area contributed by atoms with E-state index in [4.69, 9.17) is 4.74 Å². The van der Waals surface area contributed by atoms with Crippen LogP contribution in [0.4, 0.5) is 0 Å². The predicted octanol–water partition coefficient (Wildman–Crippen LogP) is 7.33. The van der Waals surface area contributed by atoms with E-state index in [1.54, 1.807) is 6.08 Å². The molecule has 0 heterocycles. The third-order valence-electron chi connectivity index (χ3n) is 4.85. The summed E-state index contributed by atoms with van der Waals surface area (Å²) in [6, 6.07) is 16.6. The summed E-state index contributed by atoms with van der Waals surface area (Å²) in [5, 5.41) is 0. The summed E-state index contributed by atoms with van der Waals surface area (Å²) >= 11 is 0. The minimum absolute atomic E-state index is 0.524. The Kier molecular flexibility index (Phi) is 10.7. The van der Waals surface area contributed by atoms with Crippen molar-refractivity contribution in [1.29, 1.82) is 0 Å². The highest BCUT2D eigenvalue weighted by molar-refractivity contribution is 5.44.